The van der Waals surface area contributed by atoms with E-state index < -0.39 is 11.8 Å². The second kappa shape index (κ2) is 10.9. The predicted molar refractivity (Wildman–Crippen MR) is 132 cm³/mol. The van der Waals surface area contributed by atoms with E-state index in [1.54, 1.807) is 32.0 Å². The molecule has 3 heterocycles. The van der Waals surface area contributed by atoms with E-state index in [0.29, 0.717) is 55.4 Å². The molecule has 0 spiro atoms. The lowest BCUT2D eigenvalue weighted by molar-refractivity contribution is -0.144. The third-order valence-electron chi connectivity index (χ3n) is 5.82. The van der Waals surface area contributed by atoms with Crippen molar-refractivity contribution in [1.29, 1.82) is 0 Å². The summed E-state index contributed by atoms with van der Waals surface area (Å²) >= 11 is 0. The van der Waals surface area contributed by atoms with Crippen LogP contribution in [0.1, 0.15) is 56.8 Å². The van der Waals surface area contributed by atoms with Crippen molar-refractivity contribution in [1.82, 2.24) is 20.0 Å². The number of carbonyl (C=O) groups excluding carboxylic acids is 2. The van der Waals surface area contributed by atoms with Crippen LogP contribution in [0.3, 0.4) is 0 Å². The largest absolute Gasteiger partial charge is 0.528 e. The van der Waals surface area contributed by atoms with Crippen molar-refractivity contribution < 1.29 is 19.2 Å². The highest BCUT2D eigenvalue weighted by molar-refractivity contribution is 5.82. The molecule has 1 aliphatic carbocycles. The molecule has 2 aromatic heterocycles. The smallest absolute Gasteiger partial charge is 0.427 e. The first-order chi connectivity index (χ1) is 16.8. The Bertz CT molecular complexity index is 1010. The van der Waals surface area contributed by atoms with E-state index in [0.717, 1.165) is 24.8 Å². The molecule has 1 saturated heterocycles. The maximum Gasteiger partial charge on any atom is 0.528 e. The quantitative estimate of drug-likeness (QED) is 0.442. The lowest BCUT2D eigenvalue weighted by Crippen LogP contribution is -2.47. The molecule has 0 radical (unpaired) electrons. The van der Waals surface area contributed by atoms with Gasteiger partial charge in [-0.2, -0.15) is 4.98 Å². The third kappa shape index (κ3) is 7.01. The lowest BCUT2D eigenvalue weighted by atomic mass is 10.2. The van der Waals surface area contributed by atoms with Crippen LogP contribution < -0.4 is 15.5 Å². The molecule has 188 valence electrons. The number of piperazine rings is 1. The molecular weight excluding hydrogens is 450 g/mol. The summed E-state index contributed by atoms with van der Waals surface area (Å²) in [5.74, 6) is 1.53. The number of nitrogens with zero attached hydrogens (tertiary/aromatic N) is 5. The van der Waals surface area contributed by atoms with Crippen LogP contribution >= 0.6 is 0 Å². The number of hydroxylamine groups is 2. The van der Waals surface area contributed by atoms with Crippen LogP contribution in [-0.4, -0.2) is 70.3 Å². The number of hydrogen-bond donors (Lipinski definition) is 2. The van der Waals surface area contributed by atoms with Gasteiger partial charge in [-0.25, -0.2) is 14.8 Å². The Morgan fingerprint density at radius 1 is 1.09 bits per heavy atom. The first-order valence-corrected chi connectivity index (χ1v) is 12.0. The van der Waals surface area contributed by atoms with Crippen LogP contribution in [0, 0.1) is 0 Å². The summed E-state index contributed by atoms with van der Waals surface area (Å²) in [6.45, 7) is 7.90. The minimum atomic E-state index is -0.687. The van der Waals surface area contributed by atoms with Gasteiger partial charge in [0.05, 0.1) is 30.5 Å². The Balaban J connectivity index is 1.31. The summed E-state index contributed by atoms with van der Waals surface area (Å²) in [7, 11) is 0. The summed E-state index contributed by atoms with van der Waals surface area (Å²) in [5.41, 5.74) is 0.824. The van der Waals surface area contributed by atoms with E-state index in [2.05, 4.69) is 30.5 Å². The minimum absolute atomic E-state index is 0.337. The number of aromatic nitrogens is 3. The van der Waals surface area contributed by atoms with Crippen molar-refractivity contribution in [2.75, 3.05) is 41.7 Å². The van der Waals surface area contributed by atoms with Crippen molar-refractivity contribution in [2.45, 2.75) is 58.1 Å². The Morgan fingerprint density at radius 3 is 2.46 bits per heavy atom. The van der Waals surface area contributed by atoms with E-state index in [1.807, 2.05) is 12.1 Å². The zero-order valence-corrected chi connectivity index (χ0v) is 20.5. The van der Waals surface area contributed by atoms with Crippen LogP contribution in [0.25, 0.3) is 0 Å². The second-order valence-corrected chi connectivity index (χ2v) is 9.74. The van der Waals surface area contributed by atoms with E-state index in [4.69, 9.17) is 9.57 Å². The maximum absolute atomic E-state index is 11.9. The number of carbonyl (C=O) groups is 2. The molecule has 1 aliphatic heterocycles. The molecule has 2 fully saturated rings. The Labute approximate surface area is 205 Å². The number of hydrogen-bond acceptors (Lipinski definition) is 11. The van der Waals surface area contributed by atoms with Crippen molar-refractivity contribution >= 4 is 35.7 Å². The number of aldehydes is 1. The molecule has 35 heavy (non-hydrogen) atoms. The van der Waals surface area contributed by atoms with E-state index in [-0.39, 0.29) is 0 Å². The van der Waals surface area contributed by atoms with Gasteiger partial charge in [0.15, 0.2) is 6.29 Å². The average molecular weight is 484 g/mol. The molecule has 2 aliphatic rings. The van der Waals surface area contributed by atoms with E-state index >= 15 is 0 Å². The number of nitrogens with one attached hydrogen (secondary N) is 2. The van der Waals surface area contributed by atoms with Crippen molar-refractivity contribution in [3.05, 3.63) is 30.1 Å². The number of ether oxygens (including phenoxy) is 1. The molecule has 0 atom stereocenters. The molecule has 0 aromatic carbocycles. The van der Waals surface area contributed by atoms with Gasteiger partial charge in [-0.3, -0.25) is 4.79 Å². The zero-order chi connectivity index (χ0) is 24.8. The third-order valence-corrected chi connectivity index (χ3v) is 5.82. The standard InChI is InChI=1S/C24H33N7O4/c1-24(2,3)34-23(33)35-31-12-10-30(11-13-31)19-8-9-20(25-15-19)28-22-26-14-17(16-32)21(29-22)27-18-6-4-5-7-18/h8-9,14-16,18H,4-7,10-13H2,1-3H3,(H2,25,26,27,28,29). The second-order valence-electron chi connectivity index (χ2n) is 9.74. The van der Waals surface area contributed by atoms with E-state index in [1.165, 1.54) is 19.0 Å². The maximum atomic E-state index is 11.9. The molecule has 2 aromatic rings. The Hall–Kier alpha value is -3.47. The topological polar surface area (TPSA) is 122 Å². The van der Waals surface area contributed by atoms with Gasteiger partial charge >= 0.3 is 6.16 Å². The van der Waals surface area contributed by atoms with Crippen LogP contribution in [-0.2, 0) is 9.57 Å². The fourth-order valence-electron chi connectivity index (χ4n) is 4.09. The first-order valence-electron chi connectivity index (χ1n) is 12.0. The summed E-state index contributed by atoms with van der Waals surface area (Å²) in [4.78, 5) is 43.9. The fourth-order valence-corrected chi connectivity index (χ4v) is 4.09. The summed E-state index contributed by atoms with van der Waals surface area (Å²) < 4.78 is 5.20. The monoisotopic (exact) mass is 483 g/mol. The van der Waals surface area contributed by atoms with Crippen LogP contribution in [0.5, 0.6) is 0 Å². The van der Waals surface area contributed by atoms with Gasteiger partial charge in [-0.1, -0.05) is 12.8 Å². The van der Waals surface area contributed by atoms with Crippen molar-refractivity contribution in [2.24, 2.45) is 0 Å². The van der Waals surface area contributed by atoms with Gasteiger partial charge in [0.25, 0.3) is 0 Å². The van der Waals surface area contributed by atoms with Crippen molar-refractivity contribution in [3.8, 4) is 0 Å². The molecule has 1 saturated carbocycles. The van der Waals surface area contributed by atoms with Gasteiger partial charge in [0, 0.05) is 25.3 Å². The summed E-state index contributed by atoms with van der Waals surface area (Å²) in [6, 6.07) is 4.17. The molecule has 2 N–H and O–H groups in total. The van der Waals surface area contributed by atoms with Gasteiger partial charge in [-0.15, -0.1) is 5.06 Å². The fraction of sp³-hybridized carbons (Fsp3) is 0.542. The van der Waals surface area contributed by atoms with Gasteiger partial charge in [-0.05, 0) is 45.7 Å². The Kier molecular flexibility index (Phi) is 7.64. The zero-order valence-electron chi connectivity index (χ0n) is 20.5. The highest BCUT2D eigenvalue weighted by Crippen LogP contribution is 2.24. The number of pyridine rings is 1. The molecule has 0 bridgehead atoms. The van der Waals surface area contributed by atoms with Crippen LogP contribution in [0.2, 0.25) is 0 Å². The van der Waals surface area contributed by atoms with Crippen LogP contribution in [0.4, 0.5) is 28.1 Å². The molecule has 0 unspecified atom stereocenters. The van der Waals surface area contributed by atoms with Gasteiger partial charge in [0.2, 0.25) is 5.95 Å². The average Bonchev–Trinajstić information content (AvgIpc) is 3.32. The highest BCUT2D eigenvalue weighted by atomic mass is 16.8. The molecule has 4 rings (SSSR count). The number of anilines is 4. The molecule has 11 nitrogen and oxygen atoms in total. The van der Waals surface area contributed by atoms with E-state index in [9.17, 15) is 9.59 Å². The summed E-state index contributed by atoms with van der Waals surface area (Å²) in [6.07, 6.45) is 7.92. The van der Waals surface area contributed by atoms with Gasteiger partial charge < -0.3 is 25.1 Å². The van der Waals surface area contributed by atoms with Gasteiger partial charge in [0.1, 0.15) is 17.2 Å². The molecule has 0 amide bonds. The summed E-state index contributed by atoms with van der Waals surface area (Å²) in [5, 5.41) is 8.10. The normalized spacial score (nSPS) is 17.2. The first kappa shape index (κ1) is 24.6. The number of rotatable bonds is 7. The van der Waals surface area contributed by atoms with Crippen molar-refractivity contribution in [3.63, 3.8) is 0 Å². The SMILES string of the molecule is CC(C)(C)OC(=O)ON1CCN(c2ccc(Nc3ncc(C=O)c(NC4CCCC4)n3)nc2)CC1. The lowest BCUT2D eigenvalue weighted by Gasteiger charge is -2.34. The molecular formula is C24H33N7O4. The Morgan fingerprint density at radius 2 is 1.83 bits per heavy atom. The minimum Gasteiger partial charge on any atom is -0.427 e. The van der Waals surface area contributed by atoms with Crippen LogP contribution in [0.15, 0.2) is 24.5 Å². The highest BCUT2D eigenvalue weighted by Gasteiger charge is 2.24. The predicted octanol–water partition coefficient (Wildman–Crippen LogP) is 3.77. The molecule has 11 heteroatoms.